The van der Waals surface area contributed by atoms with Crippen molar-refractivity contribution < 1.29 is 14.3 Å². The lowest BCUT2D eigenvalue weighted by Crippen LogP contribution is -2.27. The van der Waals surface area contributed by atoms with Gasteiger partial charge in [-0.2, -0.15) is 0 Å². The Hall–Kier alpha value is -1.88. The van der Waals surface area contributed by atoms with Crippen molar-refractivity contribution in [3.8, 4) is 5.75 Å². The molecule has 0 aliphatic rings. The quantitative estimate of drug-likeness (QED) is 0.895. The molecule has 1 atom stereocenters. The summed E-state index contributed by atoms with van der Waals surface area (Å²) in [5.41, 5.74) is 1.00. The van der Waals surface area contributed by atoms with Gasteiger partial charge in [0, 0.05) is 4.47 Å². The first-order valence-electron chi connectivity index (χ1n) is 6.02. The zero-order valence-corrected chi connectivity index (χ0v) is 12.3. The summed E-state index contributed by atoms with van der Waals surface area (Å²) in [5.74, 6) is -0.717. The summed E-state index contributed by atoms with van der Waals surface area (Å²) >= 11 is 3.22. The van der Waals surface area contributed by atoms with E-state index in [1.54, 1.807) is 31.2 Å². The molecule has 0 radical (unpaired) electrons. The molecule has 0 saturated carbocycles. The van der Waals surface area contributed by atoms with Gasteiger partial charge in [-0.05, 0) is 58.7 Å². The van der Waals surface area contributed by atoms with Gasteiger partial charge in [-0.15, -0.1) is 0 Å². The molecule has 1 amide bonds. The maximum atomic E-state index is 13.2. The summed E-state index contributed by atoms with van der Waals surface area (Å²) in [4.78, 5) is 12.1. The van der Waals surface area contributed by atoms with Crippen LogP contribution in [0.15, 0.2) is 46.9 Å². The number of hydrogen-bond donors (Lipinski definition) is 2. The molecule has 3 nitrogen and oxygen atoms in total. The number of carbonyl (C=O) groups excluding carboxylic acids is 1. The third-order valence-corrected chi connectivity index (χ3v) is 3.58. The lowest BCUT2D eigenvalue weighted by atomic mass is 10.1. The molecule has 20 heavy (non-hydrogen) atoms. The minimum absolute atomic E-state index is 0.135. The number of amides is 1. The maximum absolute atomic E-state index is 13.2. The van der Waals surface area contributed by atoms with E-state index in [1.807, 2.05) is 0 Å². The highest BCUT2D eigenvalue weighted by molar-refractivity contribution is 9.10. The third kappa shape index (κ3) is 3.36. The number of phenolic OH excluding ortho intramolecular Hbond substituents is 1. The molecule has 0 aromatic heterocycles. The first kappa shape index (κ1) is 14.5. The van der Waals surface area contributed by atoms with Crippen LogP contribution in [-0.4, -0.2) is 11.0 Å². The van der Waals surface area contributed by atoms with Crippen molar-refractivity contribution in [2.45, 2.75) is 13.0 Å². The molecule has 0 heterocycles. The number of halogens is 2. The van der Waals surface area contributed by atoms with Gasteiger partial charge in [0.15, 0.2) is 0 Å². The fourth-order valence-electron chi connectivity index (χ4n) is 1.82. The molecular formula is C15H13BrFNO2. The van der Waals surface area contributed by atoms with Crippen LogP contribution in [0.1, 0.15) is 28.9 Å². The van der Waals surface area contributed by atoms with Gasteiger partial charge in [-0.1, -0.05) is 12.1 Å². The molecule has 2 aromatic carbocycles. The third-order valence-electron chi connectivity index (χ3n) is 2.89. The Bertz CT molecular complexity index is 646. The summed E-state index contributed by atoms with van der Waals surface area (Å²) in [6.07, 6.45) is 0. The molecule has 104 valence electrons. The van der Waals surface area contributed by atoms with Crippen LogP contribution in [-0.2, 0) is 0 Å². The number of phenols is 1. The highest BCUT2D eigenvalue weighted by atomic mass is 79.9. The molecule has 2 N–H and O–H groups in total. The van der Waals surface area contributed by atoms with E-state index in [-0.39, 0.29) is 23.3 Å². The summed E-state index contributed by atoms with van der Waals surface area (Å²) in [6.45, 7) is 1.79. The molecule has 1 unspecified atom stereocenters. The fourth-order valence-corrected chi connectivity index (χ4v) is 2.25. The van der Waals surface area contributed by atoms with Gasteiger partial charge in [-0.25, -0.2) is 4.39 Å². The standard InChI is InChI=1S/C15H13BrFNO2/c1-9(10-3-2-4-12(19)7-10)18-15(20)13-8-11(17)5-6-14(13)16/h2-9,19H,1H3,(H,18,20). The van der Waals surface area contributed by atoms with Gasteiger partial charge in [0.25, 0.3) is 5.91 Å². The largest absolute Gasteiger partial charge is 0.508 e. The van der Waals surface area contributed by atoms with Crippen molar-refractivity contribution in [1.29, 1.82) is 0 Å². The van der Waals surface area contributed by atoms with Gasteiger partial charge < -0.3 is 10.4 Å². The minimum Gasteiger partial charge on any atom is -0.508 e. The molecule has 0 aliphatic heterocycles. The highest BCUT2D eigenvalue weighted by Crippen LogP contribution is 2.21. The van der Waals surface area contributed by atoms with Gasteiger partial charge >= 0.3 is 0 Å². The van der Waals surface area contributed by atoms with Crippen LogP contribution in [0.25, 0.3) is 0 Å². The van der Waals surface area contributed by atoms with E-state index in [1.165, 1.54) is 18.2 Å². The van der Waals surface area contributed by atoms with E-state index < -0.39 is 5.82 Å². The number of hydrogen-bond acceptors (Lipinski definition) is 2. The topological polar surface area (TPSA) is 49.3 Å². The van der Waals surface area contributed by atoms with E-state index in [2.05, 4.69) is 21.2 Å². The van der Waals surface area contributed by atoms with Gasteiger partial charge in [0.05, 0.1) is 11.6 Å². The van der Waals surface area contributed by atoms with Gasteiger partial charge in [0.1, 0.15) is 11.6 Å². The smallest absolute Gasteiger partial charge is 0.253 e. The number of nitrogens with one attached hydrogen (secondary N) is 1. The minimum atomic E-state index is -0.469. The van der Waals surface area contributed by atoms with E-state index in [9.17, 15) is 14.3 Å². The van der Waals surface area contributed by atoms with Crippen LogP contribution in [0.4, 0.5) is 4.39 Å². The summed E-state index contributed by atoms with van der Waals surface area (Å²) in [5, 5.41) is 12.2. The first-order valence-corrected chi connectivity index (χ1v) is 6.81. The van der Waals surface area contributed by atoms with E-state index in [4.69, 9.17) is 0 Å². The summed E-state index contributed by atoms with van der Waals surface area (Å²) in [7, 11) is 0. The van der Waals surface area contributed by atoms with Crippen LogP contribution >= 0.6 is 15.9 Å². The highest BCUT2D eigenvalue weighted by Gasteiger charge is 2.15. The zero-order valence-electron chi connectivity index (χ0n) is 10.7. The average Bonchev–Trinajstić information content (AvgIpc) is 2.41. The predicted molar refractivity (Wildman–Crippen MR) is 78.1 cm³/mol. The number of rotatable bonds is 3. The average molecular weight is 338 g/mol. The maximum Gasteiger partial charge on any atom is 0.253 e. The molecule has 0 bridgehead atoms. The lowest BCUT2D eigenvalue weighted by molar-refractivity contribution is 0.0938. The van der Waals surface area contributed by atoms with Crippen LogP contribution in [0, 0.1) is 5.82 Å². The fraction of sp³-hybridized carbons (Fsp3) is 0.133. The second-order valence-electron chi connectivity index (χ2n) is 4.41. The van der Waals surface area contributed by atoms with Crippen molar-refractivity contribution >= 4 is 21.8 Å². The normalized spacial score (nSPS) is 11.9. The van der Waals surface area contributed by atoms with Crippen molar-refractivity contribution in [1.82, 2.24) is 5.32 Å². The van der Waals surface area contributed by atoms with Gasteiger partial charge in [0.2, 0.25) is 0 Å². The Morgan fingerprint density at radius 3 is 2.75 bits per heavy atom. The molecular weight excluding hydrogens is 325 g/mol. The second-order valence-corrected chi connectivity index (χ2v) is 5.27. The summed E-state index contributed by atoms with van der Waals surface area (Å²) < 4.78 is 13.7. The monoisotopic (exact) mass is 337 g/mol. The Kier molecular flexibility index (Phi) is 4.39. The number of carbonyl (C=O) groups is 1. The molecule has 0 saturated heterocycles. The molecule has 0 fully saturated rings. The van der Waals surface area contributed by atoms with Crippen molar-refractivity contribution in [2.24, 2.45) is 0 Å². The van der Waals surface area contributed by atoms with E-state index in [0.29, 0.717) is 4.47 Å². The van der Waals surface area contributed by atoms with Crippen molar-refractivity contribution in [3.05, 3.63) is 63.9 Å². The molecule has 2 aromatic rings. The predicted octanol–water partition coefficient (Wildman–Crippen LogP) is 3.78. The Morgan fingerprint density at radius 2 is 2.05 bits per heavy atom. The molecule has 0 aliphatic carbocycles. The number of benzene rings is 2. The molecule has 5 heteroatoms. The second kappa shape index (κ2) is 6.05. The zero-order chi connectivity index (χ0) is 14.7. The Morgan fingerprint density at radius 1 is 1.30 bits per heavy atom. The lowest BCUT2D eigenvalue weighted by Gasteiger charge is -2.15. The Labute approximate surface area is 124 Å². The van der Waals surface area contributed by atoms with Gasteiger partial charge in [-0.3, -0.25) is 4.79 Å². The van der Waals surface area contributed by atoms with E-state index >= 15 is 0 Å². The summed E-state index contributed by atoms with van der Waals surface area (Å²) in [6, 6.07) is 10.3. The molecule has 2 rings (SSSR count). The van der Waals surface area contributed by atoms with Crippen LogP contribution < -0.4 is 5.32 Å². The first-order chi connectivity index (χ1) is 9.47. The SMILES string of the molecule is CC(NC(=O)c1cc(F)ccc1Br)c1cccc(O)c1. The van der Waals surface area contributed by atoms with Crippen LogP contribution in [0.3, 0.4) is 0 Å². The number of aromatic hydroxyl groups is 1. The molecule has 0 spiro atoms. The Balaban J connectivity index is 2.17. The van der Waals surface area contributed by atoms with Crippen molar-refractivity contribution in [2.75, 3.05) is 0 Å². The van der Waals surface area contributed by atoms with Crippen molar-refractivity contribution in [3.63, 3.8) is 0 Å². The van der Waals surface area contributed by atoms with Crippen LogP contribution in [0.5, 0.6) is 5.75 Å². The van der Waals surface area contributed by atoms with E-state index in [0.717, 1.165) is 5.56 Å². The van der Waals surface area contributed by atoms with Crippen LogP contribution in [0.2, 0.25) is 0 Å².